The molecular formula is C19H36BO5P. The van der Waals surface area contributed by atoms with Crippen molar-refractivity contribution in [2.75, 3.05) is 19.9 Å². The zero-order valence-electron chi connectivity index (χ0n) is 17.9. The standard InChI is InChI=1S/C14H23BO2.C5H13O3P/c1-8-9-12(10-11(2)3)15-16-13(4,5)14(6,7)17-15;1-4-7-9(3,6)8-5-2/h8-10H,1H2,2-7H3;4-5H2,1-3H3/b12-9+;. The third-order valence-corrected chi connectivity index (χ3v) is 5.47. The van der Waals surface area contributed by atoms with Crippen molar-refractivity contribution >= 4 is 14.7 Å². The summed E-state index contributed by atoms with van der Waals surface area (Å²) in [6.07, 6.45) is 5.78. The van der Waals surface area contributed by atoms with E-state index >= 15 is 0 Å². The molecule has 0 N–H and O–H groups in total. The Morgan fingerprint density at radius 2 is 1.50 bits per heavy atom. The van der Waals surface area contributed by atoms with Crippen LogP contribution in [0.4, 0.5) is 0 Å². The number of allylic oxidation sites excluding steroid dienone is 5. The topological polar surface area (TPSA) is 54.0 Å². The zero-order valence-corrected chi connectivity index (χ0v) is 18.8. The van der Waals surface area contributed by atoms with Crippen LogP contribution in [-0.2, 0) is 22.9 Å². The maximum atomic E-state index is 11.0. The molecule has 0 spiro atoms. The first-order valence-electron chi connectivity index (χ1n) is 9.01. The minimum atomic E-state index is -2.69. The van der Waals surface area contributed by atoms with E-state index in [2.05, 4.69) is 54.2 Å². The maximum Gasteiger partial charge on any atom is 0.494 e. The lowest BCUT2D eigenvalue weighted by molar-refractivity contribution is 0.00578. The average molecular weight is 386 g/mol. The first-order valence-corrected chi connectivity index (χ1v) is 11.0. The molecule has 0 bridgehead atoms. The van der Waals surface area contributed by atoms with Crippen LogP contribution in [0.25, 0.3) is 0 Å². The molecule has 0 aromatic heterocycles. The Morgan fingerprint density at radius 1 is 1.08 bits per heavy atom. The van der Waals surface area contributed by atoms with Crippen molar-refractivity contribution in [3.8, 4) is 0 Å². The normalized spacial score (nSPS) is 18.8. The summed E-state index contributed by atoms with van der Waals surface area (Å²) in [7, 11) is -3.00. The summed E-state index contributed by atoms with van der Waals surface area (Å²) in [6, 6.07) is 0. The summed E-state index contributed by atoms with van der Waals surface area (Å²) in [5.74, 6) is 0. The Balaban J connectivity index is 0.000000590. The molecule has 0 radical (unpaired) electrons. The molecule has 1 rings (SSSR count). The average Bonchev–Trinajstić information content (AvgIpc) is 2.67. The molecule has 0 aromatic carbocycles. The van der Waals surface area contributed by atoms with E-state index in [0.29, 0.717) is 13.2 Å². The first kappa shape index (κ1) is 25.4. The fourth-order valence-electron chi connectivity index (χ4n) is 2.15. The Hall–Kier alpha value is -0.645. The van der Waals surface area contributed by atoms with Gasteiger partial charge in [-0.15, -0.1) is 0 Å². The van der Waals surface area contributed by atoms with Crippen molar-refractivity contribution in [1.29, 1.82) is 0 Å². The zero-order chi connectivity index (χ0) is 20.6. The second kappa shape index (κ2) is 10.6. The van der Waals surface area contributed by atoms with E-state index in [4.69, 9.17) is 18.4 Å². The molecule has 1 aliphatic rings. The van der Waals surface area contributed by atoms with E-state index in [1.807, 2.05) is 6.08 Å². The minimum Gasteiger partial charge on any atom is -0.399 e. The lowest BCUT2D eigenvalue weighted by atomic mass is 9.77. The van der Waals surface area contributed by atoms with Gasteiger partial charge >= 0.3 is 14.7 Å². The third kappa shape index (κ3) is 8.36. The van der Waals surface area contributed by atoms with Gasteiger partial charge in [0.1, 0.15) is 0 Å². The molecule has 26 heavy (non-hydrogen) atoms. The quantitative estimate of drug-likeness (QED) is 0.325. The van der Waals surface area contributed by atoms with Crippen LogP contribution in [-0.4, -0.2) is 38.2 Å². The van der Waals surface area contributed by atoms with Crippen LogP contribution in [0.5, 0.6) is 0 Å². The van der Waals surface area contributed by atoms with E-state index in [9.17, 15) is 4.57 Å². The van der Waals surface area contributed by atoms with Crippen LogP contribution in [0.2, 0.25) is 0 Å². The lowest BCUT2D eigenvalue weighted by Gasteiger charge is -2.32. The van der Waals surface area contributed by atoms with Gasteiger partial charge in [-0.25, -0.2) is 0 Å². The smallest absolute Gasteiger partial charge is 0.399 e. The molecule has 0 atom stereocenters. The lowest BCUT2D eigenvalue weighted by Crippen LogP contribution is -2.41. The van der Waals surface area contributed by atoms with Crippen molar-refractivity contribution in [3.05, 3.63) is 35.9 Å². The van der Waals surface area contributed by atoms with Crippen LogP contribution in [0.3, 0.4) is 0 Å². The fourth-order valence-corrected chi connectivity index (χ4v) is 3.16. The van der Waals surface area contributed by atoms with E-state index in [0.717, 1.165) is 5.47 Å². The van der Waals surface area contributed by atoms with Gasteiger partial charge in [0.05, 0.1) is 24.4 Å². The highest BCUT2D eigenvalue weighted by molar-refractivity contribution is 7.52. The van der Waals surface area contributed by atoms with E-state index in [1.54, 1.807) is 19.9 Å². The van der Waals surface area contributed by atoms with E-state index < -0.39 is 7.60 Å². The summed E-state index contributed by atoms with van der Waals surface area (Å²) in [6.45, 7) is 22.0. The Morgan fingerprint density at radius 3 is 1.81 bits per heavy atom. The molecule has 5 nitrogen and oxygen atoms in total. The van der Waals surface area contributed by atoms with Crippen molar-refractivity contribution < 1.29 is 22.9 Å². The highest BCUT2D eigenvalue weighted by Crippen LogP contribution is 2.43. The Bertz CT molecular complexity index is 536. The Kier molecular flexibility index (Phi) is 10.4. The van der Waals surface area contributed by atoms with E-state index in [-0.39, 0.29) is 18.3 Å². The van der Waals surface area contributed by atoms with Crippen molar-refractivity contribution in [2.24, 2.45) is 0 Å². The summed E-state index contributed by atoms with van der Waals surface area (Å²) in [5, 5.41) is 0. The van der Waals surface area contributed by atoms with Crippen molar-refractivity contribution in [3.63, 3.8) is 0 Å². The van der Waals surface area contributed by atoms with Crippen LogP contribution in [0.1, 0.15) is 55.4 Å². The number of rotatable bonds is 7. The predicted octanol–water partition coefficient (Wildman–Crippen LogP) is 5.58. The van der Waals surface area contributed by atoms with Gasteiger partial charge in [-0.1, -0.05) is 30.4 Å². The van der Waals surface area contributed by atoms with Gasteiger partial charge in [0, 0.05) is 6.66 Å². The highest BCUT2D eigenvalue weighted by Gasteiger charge is 2.51. The largest absolute Gasteiger partial charge is 0.494 e. The minimum absolute atomic E-state index is 0.298. The summed E-state index contributed by atoms with van der Waals surface area (Å²) in [4.78, 5) is 0. The molecule has 150 valence electrons. The van der Waals surface area contributed by atoms with Gasteiger partial charge < -0.3 is 18.4 Å². The molecular weight excluding hydrogens is 350 g/mol. The molecule has 0 saturated carbocycles. The van der Waals surface area contributed by atoms with E-state index in [1.165, 1.54) is 12.2 Å². The van der Waals surface area contributed by atoms with Crippen LogP contribution in [0.15, 0.2) is 35.9 Å². The molecule has 0 unspecified atom stereocenters. The number of hydrogen-bond acceptors (Lipinski definition) is 5. The van der Waals surface area contributed by atoms with Gasteiger partial charge in [0.15, 0.2) is 0 Å². The van der Waals surface area contributed by atoms with Gasteiger partial charge in [0.2, 0.25) is 0 Å². The molecule has 1 saturated heterocycles. The van der Waals surface area contributed by atoms with Crippen molar-refractivity contribution in [2.45, 2.75) is 66.6 Å². The number of hydrogen-bond donors (Lipinski definition) is 0. The van der Waals surface area contributed by atoms with Gasteiger partial charge in [0.25, 0.3) is 0 Å². The van der Waals surface area contributed by atoms with Crippen LogP contribution in [0, 0.1) is 0 Å². The summed E-state index contributed by atoms with van der Waals surface area (Å²) < 4.78 is 32.6. The molecule has 1 heterocycles. The molecule has 0 amide bonds. The fraction of sp³-hybridized carbons (Fsp3) is 0.684. The summed E-state index contributed by atoms with van der Waals surface area (Å²) in [5.41, 5.74) is 1.63. The van der Waals surface area contributed by atoms with Crippen molar-refractivity contribution in [1.82, 2.24) is 0 Å². The third-order valence-electron chi connectivity index (χ3n) is 4.02. The SMILES string of the molecule is C=C/C=C(\C=C(C)C)B1OC(C)(C)C(C)(C)O1.CCOP(C)(=O)OCC. The Labute approximate surface area is 160 Å². The maximum absolute atomic E-state index is 11.0. The summed E-state index contributed by atoms with van der Waals surface area (Å²) >= 11 is 0. The first-order chi connectivity index (χ1) is 11.8. The predicted molar refractivity (Wildman–Crippen MR) is 111 cm³/mol. The van der Waals surface area contributed by atoms with Crippen LogP contribution < -0.4 is 0 Å². The molecule has 0 aliphatic carbocycles. The molecule has 0 aromatic rings. The molecule has 7 heteroatoms. The molecule has 1 aliphatic heterocycles. The second-order valence-electron chi connectivity index (χ2n) is 7.32. The monoisotopic (exact) mass is 386 g/mol. The van der Waals surface area contributed by atoms with Crippen LogP contribution >= 0.6 is 7.60 Å². The highest BCUT2D eigenvalue weighted by atomic mass is 31.2. The van der Waals surface area contributed by atoms with Gasteiger partial charge in [-0.05, 0) is 60.9 Å². The van der Waals surface area contributed by atoms with Gasteiger partial charge in [-0.2, -0.15) is 0 Å². The van der Waals surface area contributed by atoms with Gasteiger partial charge in [-0.3, -0.25) is 4.57 Å². The second-order valence-corrected chi connectivity index (χ2v) is 9.38. The molecule has 1 fully saturated rings.